The summed E-state index contributed by atoms with van der Waals surface area (Å²) < 4.78 is 10.7. The average Bonchev–Trinajstić information content (AvgIpc) is 2.75. The van der Waals surface area contributed by atoms with E-state index < -0.39 is 6.09 Å². The van der Waals surface area contributed by atoms with Crippen LogP contribution in [0.15, 0.2) is 84.9 Å². The van der Waals surface area contributed by atoms with Gasteiger partial charge in [-0.15, -0.1) is 0 Å². The summed E-state index contributed by atoms with van der Waals surface area (Å²) >= 11 is 0. The summed E-state index contributed by atoms with van der Waals surface area (Å²) in [7, 11) is 0. The Hall–Kier alpha value is -3.86. The summed E-state index contributed by atoms with van der Waals surface area (Å²) in [6.07, 6.45) is 3.12. The summed E-state index contributed by atoms with van der Waals surface area (Å²) in [5, 5.41) is 0. The molecule has 0 aliphatic heterocycles. The molecule has 0 N–H and O–H groups in total. The Labute approximate surface area is 176 Å². The molecular weight excluding hydrogens is 378 g/mol. The number of carbonyl (C=O) groups is 2. The van der Waals surface area contributed by atoms with Crippen LogP contribution < -0.4 is 9.64 Å². The van der Waals surface area contributed by atoms with Crippen molar-refractivity contribution in [2.45, 2.75) is 13.8 Å². The molecule has 0 spiro atoms. The molecular formula is C25H23NO4. The zero-order valence-electron chi connectivity index (χ0n) is 16.9. The minimum Gasteiger partial charge on any atom is -0.445 e. The minimum absolute atomic E-state index is 0.103. The highest BCUT2D eigenvalue weighted by molar-refractivity contribution is 5.96. The molecule has 0 aromatic heterocycles. The maximum atomic E-state index is 12.8. The van der Waals surface area contributed by atoms with Crippen molar-refractivity contribution in [2.75, 3.05) is 11.5 Å². The second-order valence-corrected chi connectivity index (χ2v) is 6.55. The highest BCUT2D eigenvalue weighted by atomic mass is 16.6. The molecule has 5 nitrogen and oxygen atoms in total. The Balaban J connectivity index is 1.70. The molecule has 3 rings (SSSR count). The quantitative estimate of drug-likeness (QED) is 0.381. The Kier molecular flexibility index (Phi) is 7.00. The van der Waals surface area contributed by atoms with E-state index in [4.69, 9.17) is 9.47 Å². The van der Waals surface area contributed by atoms with Crippen LogP contribution in [0.25, 0.3) is 6.08 Å². The zero-order valence-corrected chi connectivity index (χ0v) is 16.9. The molecule has 0 aliphatic rings. The maximum Gasteiger partial charge on any atom is 0.419 e. The van der Waals surface area contributed by atoms with Crippen molar-refractivity contribution in [1.82, 2.24) is 0 Å². The van der Waals surface area contributed by atoms with Gasteiger partial charge in [0.05, 0.1) is 11.4 Å². The van der Waals surface area contributed by atoms with Crippen LogP contribution in [0.2, 0.25) is 0 Å². The number of ether oxygens (including phenoxy) is 2. The predicted molar refractivity (Wildman–Crippen MR) is 118 cm³/mol. The lowest BCUT2D eigenvalue weighted by Crippen LogP contribution is -2.26. The van der Waals surface area contributed by atoms with E-state index in [0.29, 0.717) is 5.75 Å². The molecule has 0 atom stereocenters. The second-order valence-electron chi connectivity index (χ2n) is 6.55. The summed E-state index contributed by atoms with van der Waals surface area (Å²) in [5.74, 6) is 0.149. The molecule has 3 aromatic carbocycles. The van der Waals surface area contributed by atoms with E-state index in [9.17, 15) is 9.59 Å². The number of esters is 1. The van der Waals surface area contributed by atoms with E-state index in [1.165, 1.54) is 11.8 Å². The van der Waals surface area contributed by atoms with Gasteiger partial charge < -0.3 is 9.47 Å². The van der Waals surface area contributed by atoms with Crippen molar-refractivity contribution >= 4 is 29.5 Å². The predicted octanol–water partition coefficient (Wildman–Crippen LogP) is 5.91. The molecule has 1 amide bonds. The number of amides is 1. The zero-order chi connectivity index (χ0) is 21.3. The Bertz CT molecular complexity index is 990. The van der Waals surface area contributed by atoms with Gasteiger partial charge in [0.2, 0.25) is 0 Å². The fraction of sp³-hybridized carbons (Fsp3) is 0.120. The molecule has 0 fully saturated rings. The summed E-state index contributed by atoms with van der Waals surface area (Å²) in [5.41, 5.74) is 3.17. The topological polar surface area (TPSA) is 55.8 Å². The Morgan fingerprint density at radius 3 is 2.03 bits per heavy atom. The van der Waals surface area contributed by atoms with Gasteiger partial charge in [-0.2, -0.15) is 0 Å². The molecule has 5 heteroatoms. The van der Waals surface area contributed by atoms with E-state index >= 15 is 0 Å². The molecule has 0 saturated carbocycles. The van der Waals surface area contributed by atoms with Crippen LogP contribution in [-0.4, -0.2) is 18.7 Å². The largest absolute Gasteiger partial charge is 0.445 e. The van der Waals surface area contributed by atoms with Crippen LogP contribution in [0.4, 0.5) is 16.2 Å². The van der Waals surface area contributed by atoms with Gasteiger partial charge in [-0.25, -0.2) is 9.69 Å². The first-order valence-electron chi connectivity index (χ1n) is 9.58. The number of rotatable bonds is 6. The standard InChI is InChI=1S/C25H23NO4/c1-19-21(11-9-17-24(19)30-20(2)27)12-10-18-29-25(28)26(22-13-5-3-6-14-22)23-15-7-4-8-16-23/h3-17H,18H2,1-2H3/b12-10-. The van der Waals surface area contributed by atoms with Gasteiger partial charge in [0.1, 0.15) is 12.4 Å². The molecule has 0 heterocycles. The van der Waals surface area contributed by atoms with Crippen LogP contribution >= 0.6 is 0 Å². The van der Waals surface area contributed by atoms with Crippen molar-refractivity contribution in [2.24, 2.45) is 0 Å². The molecule has 0 radical (unpaired) electrons. The summed E-state index contributed by atoms with van der Waals surface area (Å²) in [4.78, 5) is 25.5. The van der Waals surface area contributed by atoms with Crippen LogP contribution in [0.1, 0.15) is 18.1 Å². The van der Waals surface area contributed by atoms with Gasteiger partial charge in [-0.3, -0.25) is 4.79 Å². The van der Waals surface area contributed by atoms with E-state index in [1.807, 2.05) is 85.8 Å². The fourth-order valence-electron chi connectivity index (χ4n) is 2.95. The number of hydrogen-bond acceptors (Lipinski definition) is 4. The van der Waals surface area contributed by atoms with Crippen molar-refractivity contribution < 1.29 is 19.1 Å². The summed E-state index contributed by atoms with van der Waals surface area (Å²) in [6.45, 7) is 3.34. The van der Waals surface area contributed by atoms with Gasteiger partial charge in [0.25, 0.3) is 0 Å². The number of para-hydroxylation sites is 2. The van der Waals surface area contributed by atoms with Gasteiger partial charge in [0.15, 0.2) is 0 Å². The smallest absolute Gasteiger partial charge is 0.419 e. The highest BCUT2D eigenvalue weighted by Crippen LogP contribution is 2.26. The monoisotopic (exact) mass is 401 g/mol. The number of hydrogen-bond donors (Lipinski definition) is 0. The third-order valence-corrected chi connectivity index (χ3v) is 4.39. The lowest BCUT2D eigenvalue weighted by Gasteiger charge is -2.22. The maximum absolute atomic E-state index is 12.8. The number of nitrogens with zero attached hydrogens (tertiary/aromatic N) is 1. The first-order valence-corrected chi connectivity index (χ1v) is 9.58. The van der Waals surface area contributed by atoms with Crippen molar-refractivity contribution in [3.63, 3.8) is 0 Å². The SMILES string of the molecule is CC(=O)Oc1cccc(/C=C\COC(=O)N(c2ccccc2)c2ccccc2)c1C. The Morgan fingerprint density at radius 1 is 0.867 bits per heavy atom. The molecule has 3 aromatic rings. The van der Waals surface area contributed by atoms with Crippen LogP contribution in [0.5, 0.6) is 5.75 Å². The lowest BCUT2D eigenvalue weighted by molar-refractivity contribution is -0.131. The fourth-order valence-corrected chi connectivity index (χ4v) is 2.95. The van der Waals surface area contributed by atoms with Crippen LogP contribution in [0, 0.1) is 6.92 Å². The van der Waals surface area contributed by atoms with Gasteiger partial charge in [-0.1, -0.05) is 54.6 Å². The van der Waals surface area contributed by atoms with Crippen LogP contribution in [0.3, 0.4) is 0 Å². The van der Waals surface area contributed by atoms with E-state index in [2.05, 4.69) is 0 Å². The van der Waals surface area contributed by atoms with Crippen molar-refractivity contribution in [3.05, 3.63) is 96.1 Å². The molecule has 0 saturated heterocycles. The summed E-state index contributed by atoms with van der Waals surface area (Å²) in [6, 6.07) is 24.2. The normalized spacial score (nSPS) is 10.6. The number of anilines is 2. The first-order chi connectivity index (χ1) is 14.6. The van der Waals surface area contributed by atoms with E-state index in [0.717, 1.165) is 22.5 Å². The second kappa shape index (κ2) is 10.1. The molecule has 0 unspecified atom stereocenters. The van der Waals surface area contributed by atoms with Gasteiger partial charge >= 0.3 is 12.1 Å². The molecule has 152 valence electrons. The van der Waals surface area contributed by atoms with Crippen molar-refractivity contribution in [1.29, 1.82) is 0 Å². The third kappa shape index (κ3) is 5.35. The van der Waals surface area contributed by atoms with E-state index in [1.54, 1.807) is 12.1 Å². The molecule has 30 heavy (non-hydrogen) atoms. The molecule has 0 aliphatic carbocycles. The first kappa shape index (κ1) is 20.9. The van der Waals surface area contributed by atoms with Gasteiger partial charge in [-0.05, 0) is 54.5 Å². The highest BCUT2D eigenvalue weighted by Gasteiger charge is 2.18. The minimum atomic E-state index is -0.470. The Morgan fingerprint density at radius 2 is 1.47 bits per heavy atom. The van der Waals surface area contributed by atoms with E-state index in [-0.39, 0.29) is 12.6 Å². The molecule has 0 bridgehead atoms. The van der Waals surface area contributed by atoms with Crippen molar-refractivity contribution in [3.8, 4) is 5.75 Å². The number of carbonyl (C=O) groups excluding carboxylic acids is 2. The third-order valence-electron chi connectivity index (χ3n) is 4.39. The van der Waals surface area contributed by atoms with Crippen LogP contribution in [-0.2, 0) is 9.53 Å². The van der Waals surface area contributed by atoms with Gasteiger partial charge in [0, 0.05) is 6.92 Å². The average molecular weight is 401 g/mol. The number of benzene rings is 3. The lowest BCUT2D eigenvalue weighted by atomic mass is 10.1.